The number of rotatable bonds is 6. The number of carbonyl (C=O) groups excluding carboxylic acids is 1. The number of hydrogen-bond donors (Lipinski definition) is 1. The van der Waals surface area contributed by atoms with Crippen molar-refractivity contribution in [3.8, 4) is 0 Å². The van der Waals surface area contributed by atoms with Gasteiger partial charge >= 0.3 is 6.03 Å². The number of nitrogens with zero attached hydrogens (tertiary/aromatic N) is 1. The van der Waals surface area contributed by atoms with E-state index in [9.17, 15) is 4.79 Å². The Labute approximate surface area is 173 Å². The van der Waals surface area contributed by atoms with Gasteiger partial charge in [-0.15, -0.1) is 11.8 Å². The Hall–Kier alpha value is -1.24. The number of thioether (sulfide) groups is 1. The summed E-state index contributed by atoms with van der Waals surface area (Å²) >= 11 is 1.89. The molecule has 3 rings (SSSR count). The summed E-state index contributed by atoms with van der Waals surface area (Å²) in [7, 11) is 1.88. The molecule has 6 heteroatoms. The Morgan fingerprint density at radius 2 is 1.82 bits per heavy atom. The van der Waals surface area contributed by atoms with Gasteiger partial charge in [-0.1, -0.05) is 27.2 Å². The number of amides is 2. The number of nitrogens with one attached hydrogen (secondary N) is 1. The molecule has 156 valence electrons. The molecule has 1 N–H and O–H groups in total. The fourth-order valence-corrected chi connectivity index (χ4v) is 5.39. The minimum Gasteiger partial charge on any atom is -0.348 e. The Morgan fingerprint density at radius 3 is 2.39 bits per heavy atom. The van der Waals surface area contributed by atoms with Gasteiger partial charge in [-0.2, -0.15) is 0 Å². The number of ether oxygens (including phenoxy) is 2. The van der Waals surface area contributed by atoms with Crippen LogP contribution in [0.15, 0.2) is 29.2 Å². The van der Waals surface area contributed by atoms with Crippen LogP contribution in [0.1, 0.15) is 59.3 Å². The van der Waals surface area contributed by atoms with E-state index in [1.807, 2.05) is 35.8 Å². The number of hydrogen-bond acceptors (Lipinski definition) is 4. The van der Waals surface area contributed by atoms with E-state index in [4.69, 9.17) is 9.47 Å². The minimum absolute atomic E-state index is 0.0547. The van der Waals surface area contributed by atoms with E-state index >= 15 is 0 Å². The lowest BCUT2D eigenvalue weighted by Gasteiger charge is -2.38. The van der Waals surface area contributed by atoms with E-state index in [0.717, 1.165) is 31.4 Å². The summed E-state index contributed by atoms with van der Waals surface area (Å²) in [5, 5.41) is 3.03. The van der Waals surface area contributed by atoms with Crippen LogP contribution >= 0.6 is 11.8 Å². The highest BCUT2D eigenvalue weighted by molar-refractivity contribution is 8.00. The van der Waals surface area contributed by atoms with Crippen molar-refractivity contribution in [3.63, 3.8) is 0 Å². The summed E-state index contributed by atoms with van der Waals surface area (Å²) in [4.78, 5) is 15.7. The van der Waals surface area contributed by atoms with Crippen LogP contribution in [0.5, 0.6) is 0 Å². The molecule has 1 aromatic carbocycles. The topological polar surface area (TPSA) is 50.8 Å². The lowest BCUT2D eigenvalue weighted by molar-refractivity contribution is -0.182. The average molecular weight is 407 g/mol. The zero-order valence-electron chi connectivity index (χ0n) is 17.6. The first-order valence-corrected chi connectivity index (χ1v) is 11.2. The molecule has 2 amide bonds. The molecule has 1 aliphatic heterocycles. The Morgan fingerprint density at radius 1 is 1.21 bits per heavy atom. The molecule has 1 heterocycles. The Kier molecular flexibility index (Phi) is 6.94. The van der Waals surface area contributed by atoms with Crippen LogP contribution in [-0.2, 0) is 9.47 Å². The summed E-state index contributed by atoms with van der Waals surface area (Å²) in [6, 6.07) is 8.34. The molecule has 1 spiro atoms. The molecule has 0 unspecified atom stereocenters. The van der Waals surface area contributed by atoms with Gasteiger partial charge in [0.15, 0.2) is 5.79 Å². The standard InChI is InChI=1S/C22H34N2O3S/c1-5-12-21(2,3)28-19-8-6-17(7-9-19)23-20(25)24(4)18-10-13-22(14-11-18)26-15-16-27-22/h6-9,18H,5,10-16H2,1-4H3,(H,23,25). The van der Waals surface area contributed by atoms with Crippen molar-refractivity contribution in [2.45, 2.75) is 80.8 Å². The molecule has 0 atom stereocenters. The van der Waals surface area contributed by atoms with Gasteiger partial charge in [0.2, 0.25) is 0 Å². The van der Waals surface area contributed by atoms with Crippen LogP contribution in [0.25, 0.3) is 0 Å². The first-order valence-electron chi connectivity index (χ1n) is 10.4. The highest BCUT2D eigenvalue weighted by Crippen LogP contribution is 2.38. The fraction of sp³-hybridized carbons (Fsp3) is 0.682. The van der Waals surface area contributed by atoms with E-state index < -0.39 is 0 Å². The second-order valence-electron chi connectivity index (χ2n) is 8.52. The largest absolute Gasteiger partial charge is 0.348 e. The van der Waals surface area contributed by atoms with Gasteiger partial charge in [-0.25, -0.2) is 4.79 Å². The number of benzene rings is 1. The molecular weight excluding hydrogens is 372 g/mol. The number of anilines is 1. The molecule has 2 fully saturated rings. The van der Waals surface area contributed by atoms with Gasteiger partial charge < -0.3 is 19.7 Å². The smallest absolute Gasteiger partial charge is 0.321 e. The second-order valence-corrected chi connectivity index (χ2v) is 10.3. The average Bonchev–Trinajstić information content (AvgIpc) is 3.11. The summed E-state index contributed by atoms with van der Waals surface area (Å²) in [6.45, 7) is 8.15. The molecule has 5 nitrogen and oxygen atoms in total. The van der Waals surface area contributed by atoms with Gasteiger partial charge in [0.25, 0.3) is 0 Å². The van der Waals surface area contributed by atoms with E-state index in [0.29, 0.717) is 13.2 Å². The van der Waals surface area contributed by atoms with Gasteiger partial charge in [0.1, 0.15) is 0 Å². The quantitative estimate of drug-likeness (QED) is 0.633. The van der Waals surface area contributed by atoms with Crippen LogP contribution in [0.4, 0.5) is 10.5 Å². The lowest BCUT2D eigenvalue weighted by atomic mass is 9.89. The van der Waals surface area contributed by atoms with Crippen molar-refractivity contribution in [2.24, 2.45) is 0 Å². The highest BCUT2D eigenvalue weighted by atomic mass is 32.2. The van der Waals surface area contributed by atoms with E-state index in [-0.39, 0.29) is 22.6 Å². The fourth-order valence-electron chi connectivity index (χ4n) is 4.17. The van der Waals surface area contributed by atoms with Gasteiger partial charge in [-0.3, -0.25) is 0 Å². The predicted octanol–water partition coefficient (Wildman–Crippen LogP) is 5.51. The predicted molar refractivity (Wildman–Crippen MR) is 115 cm³/mol. The molecule has 28 heavy (non-hydrogen) atoms. The normalized spacial score (nSPS) is 19.7. The third-order valence-electron chi connectivity index (χ3n) is 5.75. The van der Waals surface area contributed by atoms with Gasteiger partial charge in [0, 0.05) is 41.3 Å². The van der Waals surface area contributed by atoms with Crippen molar-refractivity contribution in [1.82, 2.24) is 4.90 Å². The van der Waals surface area contributed by atoms with Crippen LogP contribution < -0.4 is 5.32 Å². The maximum Gasteiger partial charge on any atom is 0.321 e. The molecule has 2 aliphatic rings. The summed E-state index contributed by atoms with van der Waals surface area (Å²) in [6.07, 6.45) is 5.89. The molecule has 1 saturated heterocycles. The SMILES string of the molecule is CCCC(C)(C)Sc1ccc(NC(=O)N(C)C2CCC3(CC2)OCCO3)cc1. The maximum absolute atomic E-state index is 12.7. The molecule has 0 radical (unpaired) electrons. The van der Waals surface area contributed by atoms with Crippen LogP contribution in [0, 0.1) is 0 Å². The zero-order valence-corrected chi connectivity index (χ0v) is 18.4. The lowest BCUT2D eigenvalue weighted by Crippen LogP contribution is -2.46. The van der Waals surface area contributed by atoms with Crippen molar-refractivity contribution in [3.05, 3.63) is 24.3 Å². The van der Waals surface area contributed by atoms with Crippen molar-refractivity contribution in [1.29, 1.82) is 0 Å². The first kappa shape index (κ1) is 21.5. The molecule has 0 aromatic heterocycles. The molecule has 0 bridgehead atoms. The summed E-state index contributed by atoms with van der Waals surface area (Å²) in [5.41, 5.74) is 0.837. The molecule has 1 saturated carbocycles. The van der Waals surface area contributed by atoms with E-state index in [1.165, 1.54) is 17.7 Å². The van der Waals surface area contributed by atoms with Crippen molar-refractivity contribution in [2.75, 3.05) is 25.6 Å². The molecule has 1 aromatic rings. The summed E-state index contributed by atoms with van der Waals surface area (Å²) in [5.74, 6) is -0.382. The van der Waals surface area contributed by atoms with Crippen molar-refractivity contribution >= 4 is 23.5 Å². The second kappa shape index (κ2) is 9.06. The maximum atomic E-state index is 12.7. The monoisotopic (exact) mass is 406 g/mol. The third kappa shape index (κ3) is 5.43. The van der Waals surface area contributed by atoms with Crippen molar-refractivity contribution < 1.29 is 14.3 Å². The zero-order chi connectivity index (χ0) is 20.2. The van der Waals surface area contributed by atoms with E-state index in [2.05, 4.69) is 38.2 Å². The van der Waals surface area contributed by atoms with Crippen LogP contribution in [-0.4, -0.2) is 47.8 Å². The van der Waals surface area contributed by atoms with Gasteiger partial charge in [-0.05, 0) is 43.5 Å². The number of carbonyl (C=O) groups is 1. The molecular formula is C22H34N2O3S. The summed E-state index contributed by atoms with van der Waals surface area (Å²) < 4.78 is 11.8. The van der Waals surface area contributed by atoms with E-state index in [1.54, 1.807) is 0 Å². The van der Waals surface area contributed by atoms with Gasteiger partial charge in [0.05, 0.1) is 13.2 Å². The van der Waals surface area contributed by atoms with Crippen LogP contribution in [0.3, 0.4) is 0 Å². The minimum atomic E-state index is -0.382. The third-order valence-corrected chi connectivity index (χ3v) is 7.01. The Balaban J connectivity index is 1.50. The van der Waals surface area contributed by atoms with Crippen LogP contribution in [0.2, 0.25) is 0 Å². The number of urea groups is 1. The molecule has 1 aliphatic carbocycles. The highest BCUT2D eigenvalue weighted by Gasteiger charge is 2.41. The Bertz CT molecular complexity index is 646. The first-order chi connectivity index (χ1) is 13.3.